The third-order valence-corrected chi connectivity index (χ3v) is 8.88. The van der Waals surface area contributed by atoms with Gasteiger partial charge >= 0.3 is 0 Å². The minimum Gasteiger partial charge on any atom is -0.303 e. The third kappa shape index (κ3) is 3.15. The minimum absolute atomic E-state index is 0.0369. The molecule has 0 spiro atoms. The summed E-state index contributed by atoms with van der Waals surface area (Å²) in [6, 6.07) is 18.5. The van der Waals surface area contributed by atoms with Gasteiger partial charge in [-0.15, -0.1) is 11.3 Å². The fourth-order valence-electron chi connectivity index (χ4n) is 5.34. The van der Waals surface area contributed by atoms with E-state index in [1.54, 1.807) is 24.5 Å². The second kappa shape index (κ2) is 7.48. The summed E-state index contributed by atoms with van der Waals surface area (Å²) in [6.45, 7) is 2.12. The second-order valence-corrected chi connectivity index (χ2v) is 10.9. The highest BCUT2D eigenvalue weighted by atomic mass is 32.1. The van der Waals surface area contributed by atoms with Gasteiger partial charge in [0.05, 0.1) is 27.8 Å². The number of likely N-dealkylation sites (N-methyl/N-ethyl adjacent to an activating group) is 1. The van der Waals surface area contributed by atoms with Crippen molar-refractivity contribution in [2.75, 3.05) is 7.05 Å². The summed E-state index contributed by atoms with van der Waals surface area (Å²) in [5, 5.41) is 19.9. The molecule has 3 heterocycles. The van der Waals surface area contributed by atoms with Crippen molar-refractivity contribution in [3.8, 4) is 6.07 Å². The number of amidine groups is 1. The number of thiophene rings is 1. The zero-order valence-electron chi connectivity index (χ0n) is 19.1. The molecule has 2 aromatic heterocycles. The van der Waals surface area contributed by atoms with Gasteiger partial charge in [0.2, 0.25) is 5.91 Å². The van der Waals surface area contributed by atoms with Crippen molar-refractivity contribution >= 4 is 44.1 Å². The van der Waals surface area contributed by atoms with E-state index in [0.717, 1.165) is 31.4 Å². The van der Waals surface area contributed by atoms with Crippen LogP contribution >= 0.6 is 11.3 Å². The van der Waals surface area contributed by atoms with Gasteiger partial charge in [-0.2, -0.15) is 5.26 Å². The number of piperidine rings is 1. The van der Waals surface area contributed by atoms with Crippen LogP contribution in [0.15, 0.2) is 54.7 Å². The standard InChI is InChI=1S/C28H24N4OS/c1-28(24-12-21-20-11-16(14-29)3-10-22(20)31-15-23(21)34-24)13-25(30)32(2)27(33)26(28)19-8-6-18(7-9-19)17-4-5-17/h3,6-12,15,17,26,30H,4-5,13H2,1-2H3/t26-,28+/m0/s1. The molecular formula is C28H24N4OS. The third-order valence-electron chi connectivity index (χ3n) is 7.53. The zero-order chi connectivity index (χ0) is 23.6. The van der Waals surface area contributed by atoms with E-state index in [2.05, 4.69) is 48.3 Å². The average Bonchev–Trinajstić information content (AvgIpc) is 3.60. The van der Waals surface area contributed by atoms with E-state index in [1.165, 1.54) is 23.3 Å². The van der Waals surface area contributed by atoms with Gasteiger partial charge in [0.15, 0.2) is 0 Å². The van der Waals surface area contributed by atoms with E-state index in [-0.39, 0.29) is 11.8 Å². The lowest BCUT2D eigenvalue weighted by atomic mass is 9.67. The first-order valence-corrected chi connectivity index (χ1v) is 12.4. The number of pyridine rings is 1. The molecule has 1 saturated heterocycles. The van der Waals surface area contributed by atoms with Crippen molar-refractivity contribution in [3.63, 3.8) is 0 Å². The predicted molar refractivity (Wildman–Crippen MR) is 135 cm³/mol. The summed E-state index contributed by atoms with van der Waals surface area (Å²) in [4.78, 5) is 20.8. The number of carbonyl (C=O) groups is 1. The maximum atomic E-state index is 13.6. The van der Waals surface area contributed by atoms with Gasteiger partial charge in [-0.3, -0.25) is 15.2 Å². The van der Waals surface area contributed by atoms with Crippen LogP contribution in [-0.4, -0.2) is 28.7 Å². The van der Waals surface area contributed by atoms with Gasteiger partial charge in [-0.1, -0.05) is 31.2 Å². The van der Waals surface area contributed by atoms with Crippen LogP contribution < -0.4 is 0 Å². The number of likely N-dealkylation sites (tertiary alicyclic amines) is 1. The summed E-state index contributed by atoms with van der Waals surface area (Å²) >= 11 is 1.64. The number of aromatic nitrogens is 1. The number of rotatable bonds is 3. The Labute approximate surface area is 202 Å². The number of hydrogen-bond acceptors (Lipinski definition) is 5. The number of nitrogens with zero attached hydrogens (tertiary/aromatic N) is 3. The van der Waals surface area contributed by atoms with Crippen LogP contribution in [-0.2, 0) is 10.2 Å². The highest BCUT2D eigenvalue weighted by Crippen LogP contribution is 2.50. The average molecular weight is 465 g/mol. The van der Waals surface area contributed by atoms with Crippen LogP contribution in [0.4, 0.5) is 0 Å². The molecule has 0 unspecified atom stereocenters. The highest BCUT2D eigenvalue weighted by molar-refractivity contribution is 7.19. The monoisotopic (exact) mass is 464 g/mol. The topological polar surface area (TPSA) is 80.8 Å². The lowest BCUT2D eigenvalue weighted by Gasteiger charge is -2.44. The van der Waals surface area contributed by atoms with Crippen molar-refractivity contribution in [1.82, 2.24) is 9.88 Å². The maximum Gasteiger partial charge on any atom is 0.236 e. The molecule has 1 aliphatic heterocycles. The number of hydrogen-bond donors (Lipinski definition) is 1. The molecule has 4 aromatic rings. The number of nitriles is 1. The number of amides is 1. The van der Waals surface area contributed by atoms with Crippen LogP contribution in [0.5, 0.6) is 0 Å². The van der Waals surface area contributed by atoms with Crippen LogP contribution in [0.2, 0.25) is 0 Å². The fourth-order valence-corrected chi connectivity index (χ4v) is 6.56. The van der Waals surface area contributed by atoms with Crippen LogP contribution in [0.3, 0.4) is 0 Å². The van der Waals surface area contributed by atoms with Crippen molar-refractivity contribution in [1.29, 1.82) is 10.7 Å². The molecule has 6 rings (SSSR count). The SMILES string of the molecule is CN1C(=N)C[C@](C)(c2cc3c(cnc4ccc(C#N)cc43)s2)[C@@H](c2ccc(C3CC3)cc2)C1=O. The summed E-state index contributed by atoms with van der Waals surface area (Å²) in [5.41, 5.74) is 3.25. The Balaban J connectivity index is 1.52. The Hall–Kier alpha value is -3.56. The number of carbonyl (C=O) groups excluding carboxylic acids is 1. The van der Waals surface area contributed by atoms with E-state index in [4.69, 9.17) is 5.41 Å². The molecule has 6 heteroatoms. The molecule has 0 bridgehead atoms. The van der Waals surface area contributed by atoms with Gasteiger partial charge in [0, 0.05) is 40.7 Å². The molecule has 168 valence electrons. The molecule has 1 aliphatic carbocycles. The van der Waals surface area contributed by atoms with Crippen molar-refractivity contribution in [2.45, 2.75) is 43.4 Å². The fraction of sp³-hybridized carbons (Fsp3) is 0.286. The summed E-state index contributed by atoms with van der Waals surface area (Å²) in [7, 11) is 1.71. The predicted octanol–water partition coefficient (Wildman–Crippen LogP) is 6.08. The van der Waals surface area contributed by atoms with E-state index in [0.29, 0.717) is 23.7 Å². The number of nitrogens with one attached hydrogen (secondary N) is 1. The van der Waals surface area contributed by atoms with Gasteiger partial charge in [-0.25, -0.2) is 0 Å². The highest BCUT2D eigenvalue weighted by Gasteiger charge is 2.49. The lowest BCUT2D eigenvalue weighted by molar-refractivity contribution is -0.131. The molecule has 5 nitrogen and oxygen atoms in total. The molecule has 2 aliphatic rings. The Bertz CT molecular complexity index is 1530. The lowest BCUT2D eigenvalue weighted by Crippen LogP contribution is -2.51. The molecule has 1 amide bonds. The van der Waals surface area contributed by atoms with Gasteiger partial charge in [0.25, 0.3) is 0 Å². The van der Waals surface area contributed by atoms with Crippen molar-refractivity contribution in [3.05, 3.63) is 76.3 Å². The molecule has 1 saturated carbocycles. The van der Waals surface area contributed by atoms with Crippen LogP contribution in [0.25, 0.3) is 21.0 Å². The quantitative estimate of drug-likeness (QED) is 0.399. The van der Waals surface area contributed by atoms with E-state index in [1.807, 2.05) is 18.3 Å². The molecule has 2 aromatic carbocycles. The van der Waals surface area contributed by atoms with Gasteiger partial charge in [-0.05, 0) is 54.2 Å². The summed E-state index contributed by atoms with van der Waals surface area (Å²) < 4.78 is 1.03. The Kier molecular flexibility index (Phi) is 4.62. The largest absolute Gasteiger partial charge is 0.303 e. The van der Waals surface area contributed by atoms with Crippen molar-refractivity contribution < 1.29 is 4.79 Å². The van der Waals surface area contributed by atoms with Gasteiger partial charge in [0.1, 0.15) is 5.84 Å². The van der Waals surface area contributed by atoms with Crippen molar-refractivity contribution in [2.24, 2.45) is 0 Å². The summed E-state index contributed by atoms with van der Waals surface area (Å²) in [6.07, 6.45) is 4.85. The van der Waals surface area contributed by atoms with E-state index >= 15 is 0 Å². The van der Waals surface area contributed by atoms with E-state index in [9.17, 15) is 10.1 Å². The minimum atomic E-state index is -0.551. The molecule has 34 heavy (non-hydrogen) atoms. The molecule has 2 atom stereocenters. The second-order valence-electron chi connectivity index (χ2n) is 9.80. The first kappa shape index (κ1) is 21.0. The smallest absolute Gasteiger partial charge is 0.236 e. The zero-order valence-corrected chi connectivity index (χ0v) is 19.9. The van der Waals surface area contributed by atoms with Gasteiger partial charge < -0.3 is 4.90 Å². The Morgan fingerprint density at radius 3 is 2.56 bits per heavy atom. The number of benzene rings is 2. The van der Waals surface area contributed by atoms with Crippen LogP contribution in [0.1, 0.15) is 59.6 Å². The normalized spacial score (nSPS) is 23.0. The Morgan fingerprint density at radius 1 is 1.12 bits per heavy atom. The molecule has 1 N–H and O–H groups in total. The first-order chi connectivity index (χ1) is 16.4. The number of fused-ring (bicyclic) bond motifs is 3. The molecule has 2 fully saturated rings. The van der Waals surface area contributed by atoms with Crippen LogP contribution in [0, 0.1) is 16.7 Å². The first-order valence-electron chi connectivity index (χ1n) is 11.6. The molecular weight excluding hydrogens is 440 g/mol. The molecule has 0 radical (unpaired) electrons. The Morgan fingerprint density at radius 2 is 1.85 bits per heavy atom. The van der Waals surface area contributed by atoms with E-state index < -0.39 is 5.41 Å². The summed E-state index contributed by atoms with van der Waals surface area (Å²) in [5.74, 6) is 0.595. The maximum absolute atomic E-state index is 13.6.